The van der Waals surface area contributed by atoms with Gasteiger partial charge in [-0.05, 0) is 45.3 Å². The summed E-state index contributed by atoms with van der Waals surface area (Å²) >= 11 is 0. The zero-order valence-corrected chi connectivity index (χ0v) is 12.7. The van der Waals surface area contributed by atoms with Crippen LogP contribution < -0.4 is 0 Å². The fraction of sp³-hybridized carbons (Fsp3) is 0.750. The van der Waals surface area contributed by atoms with Crippen molar-refractivity contribution in [1.29, 1.82) is 0 Å². The zero-order valence-electron chi connectivity index (χ0n) is 12.7. The van der Waals surface area contributed by atoms with Gasteiger partial charge in [-0.25, -0.2) is 0 Å². The normalized spacial score (nSPS) is 12.6. The number of rotatable bonds is 11. The summed E-state index contributed by atoms with van der Waals surface area (Å²) in [6, 6.07) is 0. The first-order valence-electron chi connectivity index (χ1n) is 7.57. The molecular formula is C16H31NO. The Morgan fingerprint density at radius 1 is 0.944 bits per heavy atom. The molecular weight excluding hydrogens is 222 g/mol. The van der Waals surface area contributed by atoms with Crippen LogP contribution in [0.2, 0.25) is 0 Å². The van der Waals surface area contributed by atoms with E-state index in [1.54, 1.807) is 0 Å². The molecule has 0 spiro atoms. The molecule has 18 heavy (non-hydrogen) atoms. The first kappa shape index (κ1) is 17.2. The predicted molar refractivity (Wildman–Crippen MR) is 80.3 cm³/mol. The minimum absolute atomic E-state index is 0.921. The van der Waals surface area contributed by atoms with Crippen molar-refractivity contribution in [1.82, 2.24) is 5.06 Å². The van der Waals surface area contributed by atoms with Gasteiger partial charge in [0, 0.05) is 13.1 Å². The van der Waals surface area contributed by atoms with Crippen LogP contribution in [0.3, 0.4) is 0 Å². The maximum Gasteiger partial charge on any atom is 0.143 e. The van der Waals surface area contributed by atoms with E-state index in [-0.39, 0.29) is 0 Å². The molecule has 2 nitrogen and oxygen atoms in total. The van der Waals surface area contributed by atoms with Crippen molar-refractivity contribution in [3.8, 4) is 0 Å². The quantitative estimate of drug-likeness (QED) is 0.220. The minimum Gasteiger partial charge on any atom is -0.406 e. The molecule has 2 heteroatoms. The third-order valence-electron chi connectivity index (χ3n) is 2.85. The van der Waals surface area contributed by atoms with E-state index in [0.29, 0.717) is 0 Å². The number of unbranched alkanes of at least 4 members (excludes halogenated alkanes) is 4. The second-order valence-corrected chi connectivity index (χ2v) is 4.50. The van der Waals surface area contributed by atoms with Gasteiger partial charge >= 0.3 is 0 Å². The van der Waals surface area contributed by atoms with Gasteiger partial charge in [0.1, 0.15) is 5.76 Å². The molecule has 0 aliphatic rings. The first-order chi connectivity index (χ1) is 8.78. The van der Waals surface area contributed by atoms with E-state index < -0.39 is 0 Å². The van der Waals surface area contributed by atoms with Crippen molar-refractivity contribution in [3.05, 3.63) is 24.0 Å². The zero-order chi connectivity index (χ0) is 13.6. The Kier molecular flexibility index (Phi) is 12.2. The Bertz CT molecular complexity index is 229. The van der Waals surface area contributed by atoms with E-state index in [1.807, 2.05) is 5.06 Å². The van der Waals surface area contributed by atoms with Crippen LogP contribution in [0, 0.1) is 0 Å². The Balaban J connectivity index is 4.31. The van der Waals surface area contributed by atoms with Crippen LogP contribution in [0.15, 0.2) is 24.0 Å². The maximum atomic E-state index is 5.88. The Hall–Kier alpha value is -0.760. The first-order valence-corrected chi connectivity index (χ1v) is 7.57. The maximum absolute atomic E-state index is 5.88. The van der Waals surface area contributed by atoms with E-state index in [2.05, 4.69) is 45.9 Å². The highest BCUT2D eigenvalue weighted by Crippen LogP contribution is 2.09. The van der Waals surface area contributed by atoms with E-state index in [9.17, 15) is 0 Å². The Labute approximate surface area is 114 Å². The van der Waals surface area contributed by atoms with Crippen LogP contribution in [0.4, 0.5) is 0 Å². The summed E-state index contributed by atoms with van der Waals surface area (Å²) in [6.07, 6.45) is 13.8. The molecule has 0 rings (SSSR count). The predicted octanol–water partition coefficient (Wildman–Crippen LogP) is 5.08. The summed E-state index contributed by atoms with van der Waals surface area (Å²) in [5.41, 5.74) is 0. The van der Waals surface area contributed by atoms with Crippen molar-refractivity contribution in [2.75, 3.05) is 13.1 Å². The van der Waals surface area contributed by atoms with Gasteiger partial charge in [-0.15, -0.1) is 5.06 Å². The highest BCUT2D eigenvalue weighted by Gasteiger charge is 2.01. The van der Waals surface area contributed by atoms with Crippen LogP contribution in [0.1, 0.15) is 66.2 Å². The standard InChI is InChI=1S/C16H31NO/c1-5-9-11-13-15-16(14-12-10-6-2)18-17(7-3)8-4/h13-15H,5-12H2,1-4H3/b15-13+,16-14+. The lowest BCUT2D eigenvalue weighted by atomic mass is 10.2. The molecule has 0 radical (unpaired) electrons. The molecule has 0 saturated carbocycles. The summed E-state index contributed by atoms with van der Waals surface area (Å²) in [5.74, 6) is 1.00. The molecule has 0 bridgehead atoms. The highest BCUT2D eigenvalue weighted by molar-refractivity contribution is 5.11. The number of nitrogens with zero attached hydrogens (tertiary/aromatic N) is 1. The molecule has 0 aromatic carbocycles. The van der Waals surface area contributed by atoms with Gasteiger partial charge in [-0.3, -0.25) is 0 Å². The summed E-state index contributed by atoms with van der Waals surface area (Å²) in [5, 5.41) is 1.99. The van der Waals surface area contributed by atoms with Crippen LogP contribution in [-0.2, 0) is 4.84 Å². The number of hydrogen-bond donors (Lipinski definition) is 0. The third kappa shape index (κ3) is 9.29. The Morgan fingerprint density at radius 2 is 1.56 bits per heavy atom. The van der Waals surface area contributed by atoms with Crippen LogP contribution in [0.5, 0.6) is 0 Å². The van der Waals surface area contributed by atoms with Gasteiger partial charge in [0.15, 0.2) is 0 Å². The van der Waals surface area contributed by atoms with Crippen molar-refractivity contribution >= 4 is 0 Å². The second kappa shape index (κ2) is 12.7. The van der Waals surface area contributed by atoms with Crippen molar-refractivity contribution in [3.63, 3.8) is 0 Å². The molecule has 0 aromatic heterocycles. The van der Waals surface area contributed by atoms with Gasteiger partial charge in [-0.1, -0.05) is 39.2 Å². The summed E-state index contributed by atoms with van der Waals surface area (Å²) in [7, 11) is 0. The highest BCUT2D eigenvalue weighted by atomic mass is 16.7. The van der Waals surface area contributed by atoms with Gasteiger partial charge in [0.25, 0.3) is 0 Å². The third-order valence-corrected chi connectivity index (χ3v) is 2.85. The largest absolute Gasteiger partial charge is 0.406 e. The lowest BCUT2D eigenvalue weighted by molar-refractivity contribution is -0.107. The van der Waals surface area contributed by atoms with Crippen molar-refractivity contribution in [2.24, 2.45) is 0 Å². The molecule has 0 unspecified atom stereocenters. The molecule has 0 aliphatic carbocycles. The summed E-state index contributed by atoms with van der Waals surface area (Å²) in [6.45, 7) is 10.5. The monoisotopic (exact) mass is 253 g/mol. The van der Waals surface area contributed by atoms with Crippen molar-refractivity contribution in [2.45, 2.75) is 66.2 Å². The molecule has 0 amide bonds. The van der Waals surface area contributed by atoms with Gasteiger partial charge in [-0.2, -0.15) is 0 Å². The SMILES string of the molecule is CCCC/C=C/C(=C\CCCC)ON(CC)CC. The van der Waals surface area contributed by atoms with E-state index >= 15 is 0 Å². The topological polar surface area (TPSA) is 12.5 Å². The van der Waals surface area contributed by atoms with E-state index in [1.165, 1.54) is 25.7 Å². The van der Waals surface area contributed by atoms with E-state index in [0.717, 1.165) is 31.7 Å². The molecule has 0 aromatic rings. The molecule has 0 heterocycles. The van der Waals surface area contributed by atoms with Gasteiger partial charge < -0.3 is 4.84 Å². The average Bonchev–Trinajstić information content (AvgIpc) is 2.40. The molecule has 106 valence electrons. The molecule has 0 N–H and O–H groups in total. The van der Waals surface area contributed by atoms with Crippen molar-refractivity contribution < 1.29 is 4.84 Å². The minimum atomic E-state index is 0.921. The van der Waals surface area contributed by atoms with Crippen LogP contribution >= 0.6 is 0 Å². The molecule has 0 atom stereocenters. The molecule has 0 aliphatic heterocycles. The number of hydrogen-bond acceptors (Lipinski definition) is 2. The summed E-state index contributed by atoms with van der Waals surface area (Å²) < 4.78 is 0. The fourth-order valence-corrected chi connectivity index (χ4v) is 1.61. The lowest BCUT2D eigenvalue weighted by Gasteiger charge is -2.19. The smallest absolute Gasteiger partial charge is 0.143 e. The fourth-order valence-electron chi connectivity index (χ4n) is 1.61. The number of hydroxylamine groups is 2. The molecule has 0 saturated heterocycles. The van der Waals surface area contributed by atoms with E-state index in [4.69, 9.17) is 4.84 Å². The average molecular weight is 253 g/mol. The number of allylic oxidation sites excluding steroid dienone is 3. The van der Waals surface area contributed by atoms with Gasteiger partial charge in [0.05, 0.1) is 0 Å². The van der Waals surface area contributed by atoms with Gasteiger partial charge in [0.2, 0.25) is 0 Å². The molecule has 0 fully saturated rings. The second-order valence-electron chi connectivity index (χ2n) is 4.50. The van der Waals surface area contributed by atoms with Crippen LogP contribution in [0.25, 0.3) is 0 Å². The summed E-state index contributed by atoms with van der Waals surface area (Å²) in [4.78, 5) is 5.88. The Morgan fingerprint density at radius 3 is 2.11 bits per heavy atom. The van der Waals surface area contributed by atoms with Crippen LogP contribution in [-0.4, -0.2) is 18.2 Å². The lowest BCUT2D eigenvalue weighted by Crippen LogP contribution is -2.22.